The number of carbonyl (C=O) groups is 6. The summed E-state index contributed by atoms with van der Waals surface area (Å²) in [6, 6.07) is 5.91. The highest BCUT2D eigenvalue weighted by Crippen LogP contribution is 2.49. The largest absolute Gasteiger partial charge is 0.497 e. The molecule has 1 aliphatic carbocycles. The summed E-state index contributed by atoms with van der Waals surface area (Å²) in [5.41, 5.74) is -2.30. The minimum atomic E-state index is -2.39. The Bertz CT molecular complexity index is 1490. The van der Waals surface area contributed by atoms with Crippen LogP contribution in [0.4, 0.5) is 0 Å². The number of esters is 6. The predicted molar refractivity (Wildman–Crippen MR) is 164 cm³/mol. The molecule has 0 radical (unpaired) electrons. The first kappa shape index (κ1) is 39.0. The Morgan fingerprint density at radius 3 is 1.90 bits per heavy atom. The zero-order valence-electron chi connectivity index (χ0n) is 28.6. The Morgan fingerprint density at radius 1 is 0.745 bits per heavy atom. The van der Waals surface area contributed by atoms with Crippen molar-refractivity contribution in [3.05, 3.63) is 42.2 Å². The van der Waals surface area contributed by atoms with E-state index in [0.29, 0.717) is 5.75 Å². The molecule has 1 aromatic rings. The SMILES string of the molecule is COc1ccc(C(=O)O[C@H]2[C@@H]3C=COC(O[C@@H]4O[C@H](COC(C)=O)[C@@H](OC(C)=O)[C@H](OC(C)=O)[C@H]4OC(C)=O)[C@@H]3C(O)(COC(C)=O)[C@@H]2O)cc1. The van der Waals surface area contributed by atoms with E-state index in [0.717, 1.165) is 40.9 Å². The van der Waals surface area contributed by atoms with E-state index in [1.54, 1.807) is 0 Å². The van der Waals surface area contributed by atoms with Crippen molar-refractivity contribution in [3.8, 4) is 5.75 Å². The third-order valence-corrected chi connectivity index (χ3v) is 8.29. The summed E-state index contributed by atoms with van der Waals surface area (Å²) in [6.45, 7) is 3.97. The first-order valence-corrected chi connectivity index (χ1v) is 15.7. The smallest absolute Gasteiger partial charge is 0.338 e. The van der Waals surface area contributed by atoms with E-state index < -0.39 is 116 Å². The topological polar surface area (TPSA) is 235 Å². The van der Waals surface area contributed by atoms with Crippen LogP contribution in [0.2, 0.25) is 0 Å². The number of benzene rings is 1. The number of rotatable bonds is 12. The summed E-state index contributed by atoms with van der Waals surface area (Å²) in [7, 11) is 1.45. The molecule has 0 amide bonds. The van der Waals surface area contributed by atoms with Crippen molar-refractivity contribution >= 4 is 35.8 Å². The van der Waals surface area contributed by atoms with Crippen LogP contribution in [0.3, 0.4) is 0 Å². The number of hydrogen-bond acceptors (Lipinski definition) is 18. The normalized spacial score (nSPS) is 32.3. The van der Waals surface area contributed by atoms with Gasteiger partial charge < -0.3 is 57.6 Å². The number of methoxy groups -OCH3 is 1. The van der Waals surface area contributed by atoms with Gasteiger partial charge in [-0.3, -0.25) is 24.0 Å². The standard InChI is InChI=1S/C33H40O18/c1-15(34)44-13-23-26(46-17(3)36)27(47-18(4)37)28(48-19(5)38)32(49-23)51-31-24-22(11-12-43-31)25(29(39)33(24,41)14-45-16(2)35)50-30(40)20-7-9-21(42-6)10-8-20/h7-12,22-29,31-32,39,41H,13-14H2,1-6H3/t22-,23-,24-,25+,26-,27+,28-,29-,31?,32+,33?/m1/s1. The second-order valence-electron chi connectivity index (χ2n) is 12.0. The van der Waals surface area contributed by atoms with Crippen LogP contribution in [0.1, 0.15) is 45.0 Å². The molecule has 3 aliphatic rings. The second-order valence-corrected chi connectivity index (χ2v) is 12.0. The van der Waals surface area contributed by atoms with Crippen molar-refractivity contribution in [2.45, 2.75) is 89.4 Å². The summed E-state index contributed by atoms with van der Waals surface area (Å²) >= 11 is 0. The summed E-state index contributed by atoms with van der Waals surface area (Å²) in [5, 5.41) is 23.5. The number of fused-ring (bicyclic) bond motifs is 1. The van der Waals surface area contributed by atoms with E-state index in [1.807, 2.05) is 0 Å². The highest BCUT2D eigenvalue weighted by atomic mass is 16.8. The number of hydrogen-bond donors (Lipinski definition) is 2. The lowest BCUT2D eigenvalue weighted by molar-refractivity contribution is -0.350. The molecular formula is C33H40O18. The molecule has 11 atom stereocenters. The molecular weight excluding hydrogens is 684 g/mol. The lowest BCUT2D eigenvalue weighted by Crippen LogP contribution is -2.64. The average molecular weight is 725 g/mol. The van der Waals surface area contributed by atoms with Crippen molar-refractivity contribution in [1.82, 2.24) is 0 Å². The quantitative estimate of drug-likeness (QED) is 0.215. The Balaban J connectivity index is 1.72. The Morgan fingerprint density at radius 2 is 1.33 bits per heavy atom. The first-order chi connectivity index (χ1) is 24.0. The van der Waals surface area contributed by atoms with Gasteiger partial charge in [0.05, 0.1) is 24.9 Å². The number of aliphatic hydroxyl groups is 2. The van der Waals surface area contributed by atoms with E-state index in [-0.39, 0.29) is 5.56 Å². The predicted octanol–water partition coefficient (Wildman–Crippen LogP) is 0.0914. The van der Waals surface area contributed by atoms with E-state index in [9.17, 15) is 39.0 Å². The first-order valence-electron chi connectivity index (χ1n) is 15.7. The highest BCUT2D eigenvalue weighted by Gasteiger charge is 2.66. The lowest BCUT2D eigenvalue weighted by Gasteiger charge is -2.46. The van der Waals surface area contributed by atoms with Gasteiger partial charge in [0, 0.05) is 40.5 Å². The Kier molecular flexibility index (Phi) is 12.6. The van der Waals surface area contributed by atoms with E-state index >= 15 is 0 Å². The van der Waals surface area contributed by atoms with Crippen molar-refractivity contribution in [2.75, 3.05) is 20.3 Å². The molecule has 1 saturated carbocycles. The number of ether oxygens (including phenoxy) is 10. The molecule has 18 heteroatoms. The monoisotopic (exact) mass is 724 g/mol. The van der Waals surface area contributed by atoms with E-state index in [4.69, 9.17) is 47.4 Å². The molecule has 0 bridgehead atoms. The maximum Gasteiger partial charge on any atom is 0.338 e. The van der Waals surface area contributed by atoms with Crippen molar-refractivity contribution in [1.29, 1.82) is 0 Å². The van der Waals surface area contributed by atoms with Gasteiger partial charge in [0.1, 0.15) is 42.9 Å². The molecule has 2 N–H and O–H groups in total. The molecule has 18 nitrogen and oxygen atoms in total. The molecule has 2 heterocycles. The van der Waals surface area contributed by atoms with Crippen LogP contribution in [0, 0.1) is 11.8 Å². The van der Waals surface area contributed by atoms with Gasteiger partial charge in [-0.15, -0.1) is 0 Å². The van der Waals surface area contributed by atoms with E-state index in [2.05, 4.69) is 0 Å². The van der Waals surface area contributed by atoms with Crippen LogP contribution < -0.4 is 4.74 Å². The van der Waals surface area contributed by atoms with Crippen LogP contribution in [-0.2, 0) is 66.6 Å². The zero-order valence-corrected chi connectivity index (χ0v) is 28.6. The van der Waals surface area contributed by atoms with Gasteiger partial charge in [0.15, 0.2) is 18.3 Å². The Labute approximate surface area is 291 Å². The maximum absolute atomic E-state index is 13.2. The minimum absolute atomic E-state index is 0.0938. The minimum Gasteiger partial charge on any atom is -0.497 e. The zero-order chi connectivity index (χ0) is 37.6. The van der Waals surface area contributed by atoms with E-state index in [1.165, 1.54) is 37.5 Å². The van der Waals surface area contributed by atoms with Crippen LogP contribution in [-0.4, -0.2) is 121 Å². The highest BCUT2D eigenvalue weighted by molar-refractivity contribution is 5.89. The van der Waals surface area contributed by atoms with Crippen LogP contribution >= 0.6 is 0 Å². The lowest BCUT2D eigenvalue weighted by atomic mass is 9.83. The van der Waals surface area contributed by atoms with Gasteiger partial charge in [-0.2, -0.15) is 0 Å². The summed E-state index contributed by atoms with van der Waals surface area (Å²) in [6.07, 6.45) is -10.3. The molecule has 4 rings (SSSR count). The number of aliphatic hydroxyl groups excluding tert-OH is 1. The summed E-state index contributed by atoms with van der Waals surface area (Å²) in [4.78, 5) is 73.4. The second kappa shape index (κ2) is 16.5. The third-order valence-electron chi connectivity index (χ3n) is 8.29. The molecule has 51 heavy (non-hydrogen) atoms. The summed E-state index contributed by atoms with van der Waals surface area (Å²) < 4.78 is 55.2. The number of carbonyl (C=O) groups excluding carboxylic acids is 6. The fourth-order valence-electron chi connectivity index (χ4n) is 6.18. The van der Waals surface area contributed by atoms with Gasteiger partial charge in [-0.25, -0.2) is 4.79 Å². The fraction of sp³-hybridized carbons (Fsp3) is 0.576. The van der Waals surface area contributed by atoms with Crippen LogP contribution in [0.5, 0.6) is 5.75 Å². The fourth-order valence-corrected chi connectivity index (χ4v) is 6.18. The molecule has 1 aromatic carbocycles. The summed E-state index contributed by atoms with van der Waals surface area (Å²) in [5.74, 6) is -6.99. The molecule has 1 saturated heterocycles. The van der Waals surface area contributed by atoms with Gasteiger partial charge in [-0.05, 0) is 30.3 Å². The maximum atomic E-state index is 13.2. The molecule has 2 fully saturated rings. The van der Waals surface area contributed by atoms with Crippen molar-refractivity contribution in [2.24, 2.45) is 11.8 Å². The van der Waals surface area contributed by atoms with Gasteiger partial charge in [0.25, 0.3) is 0 Å². The van der Waals surface area contributed by atoms with Crippen molar-refractivity contribution < 1.29 is 86.3 Å². The van der Waals surface area contributed by atoms with Crippen LogP contribution in [0.25, 0.3) is 0 Å². The molecule has 0 spiro atoms. The molecule has 2 unspecified atom stereocenters. The molecule has 0 aromatic heterocycles. The third kappa shape index (κ3) is 9.12. The van der Waals surface area contributed by atoms with Gasteiger partial charge in [0.2, 0.25) is 12.6 Å². The van der Waals surface area contributed by atoms with Crippen molar-refractivity contribution in [3.63, 3.8) is 0 Å². The van der Waals surface area contributed by atoms with Crippen LogP contribution in [0.15, 0.2) is 36.6 Å². The average Bonchev–Trinajstić information content (AvgIpc) is 3.27. The van der Waals surface area contributed by atoms with Gasteiger partial charge in [-0.1, -0.05) is 0 Å². The molecule has 280 valence electrons. The van der Waals surface area contributed by atoms with Gasteiger partial charge >= 0.3 is 35.8 Å². The molecule has 2 aliphatic heterocycles. The Hall–Kier alpha value is -4.78.